The SMILES string of the molecule is CCCC(=O)CC(=O)O.CCOC(C)=O.CCP(CC)CC. The molecule has 1 N–H and O–H groups in total. The Labute approximate surface area is 136 Å². The summed E-state index contributed by atoms with van der Waals surface area (Å²) in [7, 11) is 0.446. The van der Waals surface area contributed by atoms with Crippen LogP contribution in [0.2, 0.25) is 0 Å². The summed E-state index contributed by atoms with van der Waals surface area (Å²) in [6, 6.07) is 0. The van der Waals surface area contributed by atoms with E-state index in [9.17, 15) is 14.4 Å². The first-order valence-corrected chi connectivity index (χ1v) is 9.77. The lowest BCUT2D eigenvalue weighted by atomic mass is 10.2. The van der Waals surface area contributed by atoms with Crippen LogP contribution in [0, 0.1) is 0 Å². The van der Waals surface area contributed by atoms with Crippen molar-refractivity contribution in [3.8, 4) is 0 Å². The predicted octanol–water partition coefficient (Wildman–Crippen LogP) is 3.93. The Morgan fingerprint density at radius 1 is 0.955 bits per heavy atom. The fourth-order valence-corrected chi connectivity index (χ4v) is 2.75. The Bertz CT molecular complexity index is 283. The van der Waals surface area contributed by atoms with Crippen molar-refractivity contribution in [1.29, 1.82) is 0 Å². The average molecular weight is 336 g/mol. The van der Waals surface area contributed by atoms with E-state index in [2.05, 4.69) is 25.5 Å². The van der Waals surface area contributed by atoms with Crippen LogP contribution in [-0.4, -0.2) is 47.9 Å². The van der Waals surface area contributed by atoms with Crippen molar-refractivity contribution < 1.29 is 24.2 Å². The molecule has 0 aliphatic rings. The van der Waals surface area contributed by atoms with Gasteiger partial charge in [0.05, 0.1) is 6.61 Å². The number of hydrogen-bond donors (Lipinski definition) is 1. The maximum absolute atomic E-state index is 10.5. The number of carboxylic acid groups (broad SMARTS) is 1. The largest absolute Gasteiger partial charge is 0.481 e. The molecule has 0 fully saturated rings. The van der Waals surface area contributed by atoms with Crippen molar-refractivity contribution in [2.45, 2.75) is 60.8 Å². The van der Waals surface area contributed by atoms with Gasteiger partial charge in [-0.25, -0.2) is 0 Å². The van der Waals surface area contributed by atoms with E-state index < -0.39 is 5.97 Å². The minimum absolute atomic E-state index is 0.190. The van der Waals surface area contributed by atoms with Crippen LogP contribution in [0.15, 0.2) is 0 Å². The Balaban J connectivity index is -0.000000252. The predicted molar refractivity (Wildman–Crippen MR) is 93.0 cm³/mol. The third-order valence-electron chi connectivity index (χ3n) is 2.57. The second-order valence-electron chi connectivity index (χ2n) is 4.40. The van der Waals surface area contributed by atoms with E-state index in [1.165, 1.54) is 25.4 Å². The van der Waals surface area contributed by atoms with Crippen LogP contribution in [0.25, 0.3) is 0 Å². The van der Waals surface area contributed by atoms with Crippen LogP contribution in [0.5, 0.6) is 0 Å². The van der Waals surface area contributed by atoms with E-state index in [1.807, 2.05) is 6.92 Å². The van der Waals surface area contributed by atoms with Gasteiger partial charge in [0.15, 0.2) is 0 Å². The monoisotopic (exact) mass is 336 g/mol. The number of esters is 1. The van der Waals surface area contributed by atoms with Gasteiger partial charge in [-0.15, -0.1) is 7.92 Å². The first-order chi connectivity index (χ1) is 10.3. The molecule has 0 heterocycles. The van der Waals surface area contributed by atoms with E-state index in [1.54, 1.807) is 6.92 Å². The van der Waals surface area contributed by atoms with Crippen LogP contribution in [0.3, 0.4) is 0 Å². The molecule has 0 saturated carbocycles. The lowest BCUT2D eigenvalue weighted by molar-refractivity contribution is -0.141. The van der Waals surface area contributed by atoms with Crippen LogP contribution in [0.4, 0.5) is 0 Å². The number of carbonyl (C=O) groups is 3. The van der Waals surface area contributed by atoms with Crippen LogP contribution >= 0.6 is 7.92 Å². The van der Waals surface area contributed by atoms with Gasteiger partial charge in [-0.1, -0.05) is 27.7 Å². The maximum Gasteiger partial charge on any atom is 0.310 e. The van der Waals surface area contributed by atoms with Gasteiger partial charge in [0.25, 0.3) is 0 Å². The zero-order chi connectivity index (χ0) is 18.0. The molecule has 5 nitrogen and oxygen atoms in total. The molecule has 0 aliphatic carbocycles. The van der Waals surface area contributed by atoms with E-state index in [-0.39, 0.29) is 18.2 Å². The summed E-state index contributed by atoms with van der Waals surface area (Å²) in [5.74, 6) is -1.43. The summed E-state index contributed by atoms with van der Waals surface area (Å²) in [5.41, 5.74) is 0. The first-order valence-electron chi connectivity index (χ1n) is 7.87. The average Bonchev–Trinajstić information content (AvgIpc) is 2.41. The van der Waals surface area contributed by atoms with Gasteiger partial charge < -0.3 is 9.84 Å². The molecule has 6 heteroatoms. The third-order valence-corrected chi connectivity index (χ3v) is 5.25. The molecule has 0 unspecified atom stereocenters. The minimum Gasteiger partial charge on any atom is -0.481 e. The highest BCUT2D eigenvalue weighted by molar-refractivity contribution is 7.57. The highest BCUT2D eigenvalue weighted by Gasteiger charge is 2.04. The molecule has 0 bridgehead atoms. The second-order valence-corrected chi connectivity index (χ2v) is 7.64. The fraction of sp³-hybridized carbons (Fsp3) is 0.812. The third kappa shape index (κ3) is 27.4. The zero-order valence-electron chi connectivity index (χ0n) is 15.0. The highest BCUT2D eigenvalue weighted by Crippen LogP contribution is 2.32. The molecule has 0 radical (unpaired) electrons. The Kier molecular flexibility index (Phi) is 23.7. The summed E-state index contributed by atoms with van der Waals surface area (Å²) in [5, 5.41) is 8.09. The van der Waals surface area contributed by atoms with Gasteiger partial charge in [0.1, 0.15) is 12.2 Å². The number of hydrogen-bond acceptors (Lipinski definition) is 4. The van der Waals surface area contributed by atoms with Crippen LogP contribution in [-0.2, 0) is 19.1 Å². The summed E-state index contributed by atoms with van der Waals surface area (Å²) < 4.78 is 4.40. The lowest BCUT2D eigenvalue weighted by Crippen LogP contribution is -2.05. The second kappa shape index (κ2) is 20.0. The van der Waals surface area contributed by atoms with Crippen molar-refractivity contribution in [3.05, 3.63) is 0 Å². The smallest absolute Gasteiger partial charge is 0.310 e. The minimum atomic E-state index is -1.03. The van der Waals surface area contributed by atoms with Gasteiger partial charge in [-0.2, -0.15) is 0 Å². The van der Waals surface area contributed by atoms with E-state index >= 15 is 0 Å². The number of ether oxygens (including phenoxy) is 1. The van der Waals surface area contributed by atoms with Gasteiger partial charge in [0.2, 0.25) is 0 Å². The molecule has 0 saturated heterocycles. The molecule has 0 aromatic carbocycles. The quantitative estimate of drug-likeness (QED) is 0.413. The topological polar surface area (TPSA) is 80.7 Å². The molecule has 0 atom stereocenters. The van der Waals surface area contributed by atoms with Crippen molar-refractivity contribution in [2.24, 2.45) is 0 Å². The number of aliphatic carboxylic acids is 1. The Morgan fingerprint density at radius 3 is 1.55 bits per heavy atom. The molecule has 132 valence electrons. The van der Waals surface area contributed by atoms with Crippen molar-refractivity contribution in [1.82, 2.24) is 0 Å². The fourth-order valence-electron chi connectivity index (χ4n) is 1.41. The molecule has 0 aromatic heterocycles. The molecule has 0 spiro atoms. The van der Waals surface area contributed by atoms with Crippen molar-refractivity contribution in [3.63, 3.8) is 0 Å². The van der Waals surface area contributed by atoms with Crippen LogP contribution in [0.1, 0.15) is 60.8 Å². The number of rotatable bonds is 8. The number of ketones is 1. The highest BCUT2D eigenvalue weighted by atomic mass is 31.1. The van der Waals surface area contributed by atoms with Gasteiger partial charge in [-0.05, 0) is 31.8 Å². The summed E-state index contributed by atoms with van der Waals surface area (Å²) >= 11 is 0. The van der Waals surface area contributed by atoms with E-state index in [0.29, 0.717) is 20.9 Å². The zero-order valence-corrected chi connectivity index (χ0v) is 15.9. The van der Waals surface area contributed by atoms with E-state index in [4.69, 9.17) is 5.11 Å². The lowest BCUT2D eigenvalue weighted by Gasteiger charge is -2.07. The Morgan fingerprint density at radius 2 is 1.41 bits per heavy atom. The standard InChI is InChI=1S/C6H10O3.C6H15P.C4H8O2/c1-2-3-5(7)4-6(8)9;1-4-7(5-2)6-3;1-3-6-4(2)5/h2-4H2,1H3,(H,8,9);4-6H2,1-3H3;3H2,1-2H3. The summed E-state index contributed by atoms with van der Waals surface area (Å²) in [4.78, 5) is 30.2. The molecule has 0 rings (SSSR count). The van der Waals surface area contributed by atoms with Crippen LogP contribution < -0.4 is 0 Å². The first kappa shape index (κ1) is 26.0. The molecular weight excluding hydrogens is 303 g/mol. The normalized spacial score (nSPS) is 9.05. The molecule has 0 aliphatic heterocycles. The van der Waals surface area contributed by atoms with Gasteiger partial charge in [-0.3, -0.25) is 14.4 Å². The van der Waals surface area contributed by atoms with Crippen molar-refractivity contribution >= 4 is 25.6 Å². The number of carboxylic acids is 1. The van der Waals surface area contributed by atoms with E-state index in [0.717, 1.165) is 6.42 Å². The van der Waals surface area contributed by atoms with Gasteiger partial charge in [0, 0.05) is 13.3 Å². The molecule has 0 amide bonds. The summed E-state index contributed by atoms with van der Waals surface area (Å²) in [6.07, 6.45) is 5.04. The van der Waals surface area contributed by atoms with Crippen molar-refractivity contribution in [2.75, 3.05) is 25.1 Å². The van der Waals surface area contributed by atoms with Gasteiger partial charge >= 0.3 is 11.9 Å². The molecule has 22 heavy (non-hydrogen) atoms. The summed E-state index contributed by atoms with van der Waals surface area (Å²) in [6.45, 7) is 12.4. The maximum atomic E-state index is 10.5. The Hall–Kier alpha value is -0.960. The molecule has 0 aromatic rings. The number of carbonyl (C=O) groups excluding carboxylic acids is 2. The molecular formula is C16H33O5P. The number of Topliss-reactive ketones (excluding diaryl/α,β-unsaturated/α-hetero) is 1.